The van der Waals surface area contributed by atoms with Crippen LogP contribution in [0.15, 0.2) is 24.3 Å². The van der Waals surface area contributed by atoms with Crippen molar-refractivity contribution in [3.63, 3.8) is 0 Å². The zero-order valence-electron chi connectivity index (χ0n) is 26.3. The van der Waals surface area contributed by atoms with Crippen LogP contribution in [0.3, 0.4) is 0 Å². The summed E-state index contributed by atoms with van der Waals surface area (Å²) >= 11 is 0. The lowest BCUT2D eigenvalue weighted by atomic mass is 10.1. The molecule has 0 heteroatoms. The average molecular weight is 445 g/mol. The summed E-state index contributed by atoms with van der Waals surface area (Å²) < 4.78 is 0. The van der Waals surface area contributed by atoms with E-state index in [9.17, 15) is 0 Å². The van der Waals surface area contributed by atoms with Crippen molar-refractivity contribution >= 4 is 0 Å². The van der Waals surface area contributed by atoms with Gasteiger partial charge in [-0.25, -0.2) is 0 Å². The molecule has 0 aliphatic rings. The summed E-state index contributed by atoms with van der Waals surface area (Å²) in [5.74, 6) is 0. The van der Waals surface area contributed by atoms with E-state index in [-0.39, 0.29) is 0 Å². The predicted octanol–water partition coefficient (Wildman–Crippen LogP) is 13.1. The molecule has 0 aromatic heterocycles. The van der Waals surface area contributed by atoms with Crippen LogP contribution in [0.1, 0.15) is 167 Å². The number of unbranched alkanes of at least 4 members (excludes halogenated alkanes) is 2. The Bertz CT molecular complexity index is 237. The molecular formula is C31H72. The van der Waals surface area contributed by atoms with Gasteiger partial charge in [0.2, 0.25) is 0 Å². The Morgan fingerprint density at radius 3 is 0.806 bits per heavy atom. The standard InChI is InChI=1S/C10H14.2C4H10.C3H8.5C2H6/c1-3-4-10-7-5-9(2)6-8-10;2*1-3-4-2;1-3-2;5*1-2/h5-8H,3-4H2,1-2H3;2*3-4H2,1-2H3;3H2,1-2H3;5*1-2H3. The van der Waals surface area contributed by atoms with E-state index >= 15 is 0 Å². The van der Waals surface area contributed by atoms with Crippen LogP contribution in [0.25, 0.3) is 0 Å². The van der Waals surface area contributed by atoms with Crippen molar-refractivity contribution < 1.29 is 0 Å². The van der Waals surface area contributed by atoms with Gasteiger partial charge in [0.15, 0.2) is 0 Å². The van der Waals surface area contributed by atoms with Gasteiger partial charge in [0.25, 0.3) is 0 Å². The molecular weight excluding hydrogens is 372 g/mol. The predicted molar refractivity (Wildman–Crippen MR) is 159 cm³/mol. The highest BCUT2D eigenvalue weighted by Gasteiger charge is 1.88. The lowest BCUT2D eigenvalue weighted by Crippen LogP contribution is -1.81. The number of benzene rings is 1. The minimum atomic E-state index is 1.21. The summed E-state index contributed by atoms with van der Waals surface area (Å²) in [5, 5.41) is 0. The topological polar surface area (TPSA) is 0 Å². The molecule has 0 radical (unpaired) electrons. The lowest BCUT2D eigenvalue weighted by molar-refractivity contribution is 0.886. The fourth-order valence-corrected chi connectivity index (χ4v) is 1.04. The summed E-state index contributed by atoms with van der Waals surface area (Å²) in [6, 6.07) is 8.76. The Hall–Kier alpha value is -0.780. The molecule has 0 atom stereocenters. The number of hydrogen-bond acceptors (Lipinski definition) is 0. The zero-order chi connectivity index (χ0) is 26.9. The van der Waals surface area contributed by atoms with E-state index in [0.717, 1.165) is 0 Å². The molecule has 1 aromatic carbocycles. The summed E-state index contributed by atoms with van der Waals surface area (Å²) in [6.07, 6.45) is 8.98. The van der Waals surface area contributed by atoms with E-state index in [2.05, 4.69) is 79.7 Å². The number of hydrogen-bond donors (Lipinski definition) is 0. The van der Waals surface area contributed by atoms with Crippen molar-refractivity contribution in [1.29, 1.82) is 0 Å². The van der Waals surface area contributed by atoms with Crippen LogP contribution in [0, 0.1) is 6.92 Å². The van der Waals surface area contributed by atoms with Gasteiger partial charge in [-0.2, -0.15) is 0 Å². The molecule has 0 spiro atoms. The van der Waals surface area contributed by atoms with Gasteiger partial charge in [0.1, 0.15) is 0 Å². The van der Waals surface area contributed by atoms with Crippen LogP contribution in [0.5, 0.6) is 0 Å². The second-order valence-electron chi connectivity index (χ2n) is 5.44. The molecule has 0 nitrogen and oxygen atoms in total. The highest BCUT2D eigenvalue weighted by molar-refractivity contribution is 5.21. The SMILES string of the molecule is CC.CC.CC.CC.CC.CCC.CCCC.CCCC.CCCc1ccc(C)cc1. The molecule has 0 bridgehead atoms. The molecule has 0 amide bonds. The minimum Gasteiger partial charge on any atom is -0.0683 e. The van der Waals surface area contributed by atoms with Gasteiger partial charge in [0.05, 0.1) is 0 Å². The normalized spacial score (nSPS) is 6.65. The first-order valence-corrected chi connectivity index (χ1v) is 14.1. The third-order valence-corrected chi connectivity index (χ3v) is 2.66. The van der Waals surface area contributed by atoms with Crippen LogP contribution < -0.4 is 0 Å². The number of rotatable bonds is 4. The van der Waals surface area contributed by atoms with Crippen LogP contribution in [0.2, 0.25) is 0 Å². The van der Waals surface area contributed by atoms with Gasteiger partial charge in [-0.1, -0.05) is 186 Å². The molecule has 0 N–H and O–H groups in total. The lowest BCUT2D eigenvalue weighted by Gasteiger charge is -1.97. The van der Waals surface area contributed by atoms with Crippen LogP contribution >= 0.6 is 0 Å². The van der Waals surface area contributed by atoms with Crippen molar-refractivity contribution in [3.05, 3.63) is 35.4 Å². The largest absolute Gasteiger partial charge is 0.0683 e. The van der Waals surface area contributed by atoms with Crippen LogP contribution in [-0.4, -0.2) is 0 Å². The van der Waals surface area contributed by atoms with Crippen LogP contribution in [0.4, 0.5) is 0 Å². The summed E-state index contributed by atoms with van der Waals surface area (Å²) in [7, 11) is 0. The third kappa shape index (κ3) is 107. The second kappa shape index (κ2) is 88.4. The Kier molecular flexibility index (Phi) is 149. The monoisotopic (exact) mass is 445 g/mol. The first-order valence-electron chi connectivity index (χ1n) is 14.1. The highest BCUT2D eigenvalue weighted by Crippen LogP contribution is 2.04. The highest BCUT2D eigenvalue weighted by atomic mass is 13.9. The van der Waals surface area contributed by atoms with Gasteiger partial charge in [0, 0.05) is 0 Å². The molecule has 0 aliphatic carbocycles. The summed E-state index contributed by atoms with van der Waals surface area (Å²) in [4.78, 5) is 0. The fourth-order valence-electron chi connectivity index (χ4n) is 1.04. The Morgan fingerprint density at radius 2 is 0.645 bits per heavy atom. The zero-order valence-corrected chi connectivity index (χ0v) is 26.3. The Labute approximate surface area is 205 Å². The van der Waals surface area contributed by atoms with E-state index in [4.69, 9.17) is 0 Å². The third-order valence-electron chi connectivity index (χ3n) is 2.66. The van der Waals surface area contributed by atoms with Crippen LogP contribution in [-0.2, 0) is 6.42 Å². The van der Waals surface area contributed by atoms with Gasteiger partial charge in [-0.05, 0) is 18.9 Å². The molecule has 196 valence electrons. The Morgan fingerprint density at radius 1 is 0.419 bits per heavy atom. The molecule has 0 unspecified atom stereocenters. The van der Waals surface area contributed by atoms with Crippen molar-refractivity contribution in [1.82, 2.24) is 0 Å². The molecule has 0 saturated heterocycles. The number of aryl methyl sites for hydroxylation is 2. The summed E-state index contributed by atoms with van der Waals surface area (Å²) in [6.45, 7) is 37.3. The van der Waals surface area contributed by atoms with Gasteiger partial charge in [-0.15, -0.1) is 0 Å². The van der Waals surface area contributed by atoms with Gasteiger partial charge < -0.3 is 0 Å². The van der Waals surface area contributed by atoms with Gasteiger partial charge >= 0.3 is 0 Å². The average Bonchev–Trinajstić information content (AvgIpc) is 2.88. The van der Waals surface area contributed by atoms with Crippen molar-refractivity contribution in [2.45, 2.75) is 170 Å². The second-order valence-corrected chi connectivity index (χ2v) is 5.44. The van der Waals surface area contributed by atoms with E-state index in [1.807, 2.05) is 69.2 Å². The maximum absolute atomic E-state index is 2.21. The minimum absolute atomic E-state index is 1.21. The van der Waals surface area contributed by atoms with Crippen molar-refractivity contribution in [2.75, 3.05) is 0 Å². The molecule has 31 heavy (non-hydrogen) atoms. The first-order chi connectivity index (χ1) is 15.1. The molecule has 1 aromatic rings. The fraction of sp³-hybridized carbons (Fsp3) is 0.806. The molecule has 0 saturated carbocycles. The molecule has 0 heterocycles. The maximum atomic E-state index is 2.21. The van der Waals surface area contributed by atoms with E-state index in [1.165, 1.54) is 56.1 Å². The molecule has 1 rings (SSSR count). The Balaban J connectivity index is -0.0000000361. The molecule has 0 aliphatic heterocycles. The van der Waals surface area contributed by atoms with E-state index < -0.39 is 0 Å². The van der Waals surface area contributed by atoms with Crippen molar-refractivity contribution in [2.24, 2.45) is 0 Å². The maximum Gasteiger partial charge on any atom is -0.0281 e. The van der Waals surface area contributed by atoms with Gasteiger partial charge in [-0.3, -0.25) is 0 Å². The van der Waals surface area contributed by atoms with E-state index in [0.29, 0.717) is 0 Å². The van der Waals surface area contributed by atoms with E-state index in [1.54, 1.807) is 0 Å². The first kappa shape index (κ1) is 52.3. The smallest absolute Gasteiger partial charge is 0.0281 e. The van der Waals surface area contributed by atoms with Crippen molar-refractivity contribution in [3.8, 4) is 0 Å². The summed E-state index contributed by atoms with van der Waals surface area (Å²) in [5.41, 5.74) is 2.80. The molecule has 0 fully saturated rings. The quantitative estimate of drug-likeness (QED) is 0.433.